The second-order valence-electron chi connectivity index (χ2n) is 7.24. The molecule has 0 unspecified atom stereocenters. The third-order valence-electron chi connectivity index (χ3n) is 5.27. The molecular formula is C20H25N3O2. The summed E-state index contributed by atoms with van der Waals surface area (Å²) in [5.41, 5.74) is 2.31. The van der Waals surface area contributed by atoms with Gasteiger partial charge in [0, 0.05) is 50.2 Å². The van der Waals surface area contributed by atoms with E-state index in [4.69, 9.17) is 0 Å². The van der Waals surface area contributed by atoms with Crippen LogP contribution >= 0.6 is 0 Å². The Morgan fingerprint density at radius 2 is 2.16 bits per heavy atom. The molecule has 1 saturated carbocycles. The zero-order valence-corrected chi connectivity index (χ0v) is 14.5. The lowest BCUT2D eigenvalue weighted by Gasteiger charge is -2.23. The minimum absolute atomic E-state index is 0.225. The molecule has 4 rings (SSSR count). The van der Waals surface area contributed by atoms with E-state index in [0.29, 0.717) is 25.4 Å². The Balaban J connectivity index is 1.35. The van der Waals surface area contributed by atoms with E-state index in [-0.39, 0.29) is 11.8 Å². The molecule has 5 nitrogen and oxygen atoms in total. The summed E-state index contributed by atoms with van der Waals surface area (Å²) in [5, 5.41) is 1.19. The number of likely N-dealkylation sites (tertiary alicyclic amines) is 1. The van der Waals surface area contributed by atoms with Crippen molar-refractivity contribution < 1.29 is 9.59 Å². The Labute approximate surface area is 148 Å². The number of amides is 2. The van der Waals surface area contributed by atoms with Crippen LogP contribution in [0.2, 0.25) is 0 Å². The number of nitrogens with one attached hydrogen (secondary N) is 1. The molecule has 0 bridgehead atoms. The molecule has 2 heterocycles. The SMILES string of the molecule is O=C1CCCN1CCCC(=O)N(Cc1ccc2[nH]ccc2c1)C1CC1. The smallest absolute Gasteiger partial charge is 0.223 e. The van der Waals surface area contributed by atoms with Crippen molar-refractivity contribution in [3.63, 3.8) is 0 Å². The van der Waals surface area contributed by atoms with Gasteiger partial charge in [-0.3, -0.25) is 9.59 Å². The lowest BCUT2D eigenvalue weighted by Crippen LogP contribution is -2.33. The standard InChI is InChI=1S/C20H25N3O2/c24-19-3-1-11-22(19)12-2-4-20(25)23(17-6-7-17)14-15-5-8-18-16(13-15)9-10-21-18/h5,8-10,13,17,21H,1-4,6-7,11-12,14H2. The fourth-order valence-electron chi connectivity index (χ4n) is 3.71. The molecule has 0 radical (unpaired) electrons. The van der Waals surface area contributed by atoms with Crippen molar-refractivity contribution in [2.45, 2.75) is 51.1 Å². The first-order chi connectivity index (χ1) is 12.2. The van der Waals surface area contributed by atoms with Crippen LogP contribution in [0.25, 0.3) is 10.9 Å². The maximum Gasteiger partial charge on any atom is 0.223 e. The lowest BCUT2D eigenvalue weighted by molar-refractivity contribution is -0.133. The van der Waals surface area contributed by atoms with Crippen molar-refractivity contribution in [2.75, 3.05) is 13.1 Å². The zero-order chi connectivity index (χ0) is 17.2. The maximum absolute atomic E-state index is 12.7. The average molecular weight is 339 g/mol. The third kappa shape index (κ3) is 3.70. The molecule has 1 saturated heterocycles. The van der Waals surface area contributed by atoms with Gasteiger partial charge in [-0.25, -0.2) is 0 Å². The van der Waals surface area contributed by atoms with Crippen LogP contribution in [0.3, 0.4) is 0 Å². The van der Waals surface area contributed by atoms with Gasteiger partial charge in [-0.1, -0.05) is 6.07 Å². The Morgan fingerprint density at radius 3 is 2.92 bits per heavy atom. The van der Waals surface area contributed by atoms with Crippen molar-refractivity contribution >= 4 is 22.7 Å². The molecule has 25 heavy (non-hydrogen) atoms. The Morgan fingerprint density at radius 1 is 1.28 bits per heavy atom. The molecule has 1 aliphatic heterocycles. The van der Waals surface area contributed by atoms with Crippen LogP contribution in [0.5, 0.6) is 0 Å². The van der Waals surface area contributed by atoms with Crippen LogP contribution in [0.15, 0.2) is 30.5 Å². The molecule has 0 atom stereocenters. The topological polar surface area (TPSA) is 56.4 Å². The van der Waals surface area contributed by atoms with Gasteiger partial charge in [-0.2, -0.15) is 0 Å². The van der Waals surface area contributed by atoms with Gasteiger partial charge in [0.1, 0.15) is 0 Å². The van der Waals surface area contributed by atoms with Crippen molar-refractivity contribution in [3.05, 3.63) is 36.0 Å². The molecule has 1 N–H and O–H groups in total. The Kier molecular flexibility index (Phi) is 4.47. The van der Waals surface area contributed by atoms with E-state index in [1.807, 2.05) is 16.0 Å². The highest BCUT2D eigenvalue weighted by molar-refractivity contribution is 5.81. The number of hydrogen-bond acceptors (Lipinski definition) is 2. The van der Waals surface area contributed by atoms with Gasteiger partial charge < -0.3 is 14.8 Å². The fraction of sp³-hybridized carbons (Fsp3) is 0.500. The van der Waals surface area contributed by atoms with Crippen molar-refractivity contribution in [3.8, 4) is 0 Å². The molecule has 2 fully saturated rings. The van der Waals surface area contributed by atoms with Crippen LogP contribution in [-0.2, 0) is 16.1 Å². The highest BCUT2D eigenvalue weighted by atomic mass is 16.2. The fourth-order valence-corrected chi connectivity index (χ4v) is 3.71. The zero-order valence-electron chi connectivity index (χ0n) is 14.5. The van der Waals surface area contributed by atoms with E-state index in [1.165, 1.54) is 10.9 Å². The Bertz CT molecular complexity index is 778. The largest absolute Gasteiger partial charge is 0.361 e. The summed E-state index contributed by atoms with van der Waals surface area (Å²) in [5.74, 6) is 0.467. The van der Waals surface area contributed by atoms with Crippen LogP contribution in [-0.4, -0.2) is 45.7 Å². The lowest BCUT2D eigenvalue weighted by atomic mass is 10.1. The number of aromatic amines is 1. The van der Waals surface area contributed by atoms with Gasteiger partial charge >= 0.3 is 0 Å². The number of aromatic nitrogens is 1. The van der Waals surface area contributed by atoms with Gasteiger partial charge in [-0.05, 0) is 54.8 Å². The molecule has 132 valence electrons. The minimum atomic E-state index is 0.225. The van der Waals surface area contributed by atoms with Crippen molar-refractivity contribution in [2.24, 2.45) is 0 Å². The number of carbonyl (C=O) groups is 2. The molecule has 0 spiro atoms. The van der Waals surface area contributed by atoms with Gasteiger partial charge in [0.2, 0.25) is 11.8 Å². The van der Waals surface area contributed by atoms with Crippen LogP contribution < -0.4 is 0 Å². The van der Waals surface area contributed by atoms with Crippen molar-refractivity contribution in [1.29, 1.82) is 0 Å². The number of fused-ring (bicyclic) bond motifs is 1. The van der Waals surface area contributed by atoms with E-state index < -0.39 is 0 Å². The summed E-state index contributed by atoms with van der Waals surface area (Å²) in [6.07, 6.45) is 7.10. The summed E-state index contributed by atoms with van der Waals surface area (Å²) in [4.78, 5) is 31.5. The van der Waals surface area contributed by atoms with Crippen LogP contribution in [0.4, 0.5) is 0 Å². The Hall–Kier alpha value is -2.30. The highest BCUT2D eigenvalue weighted by Crippen LogP contribution is 2.29. The summed E-state index contributed by atoms with van der Waals surface area (Å²) in [7, 11) is 0. The van der Waals surface area contributed by atoms with Crippen molar-refractivity contribution in [1.82, 2.24) is 14.8 Å². The quantitative estimate of drug-likeness (QED) is 0.843. The summed E-state index contributed by atoms with van der Waals surface area (Å²) in [6, 6.07) is 8.82. The van der Waals surface area contributed by atoms with E-state index in [0.717, 1.165) is 44.3 Å². The summed E-state index contributed by atoms with van der Waals surface area (Å²) >= 11 is 0. The first kappa shape index (κ1) is 16.2. The summed E-state index contributed by atoms with van der Waals surface area (Å²) in [6.45, 7) is 2.27. The molecule has 5 heteroatoms. The van der Waals surface area contributed by atoms with Gasteiger partial charge in [0.25, 0.3) is 0 Å². The van der Waals surface area contributed by atoms with E-state index >= 15 is 0 Å². The molecule has 2 aromatic rings. The third-order valence-corrected chi connectivity index (χ3v) is 5.27. The van der Waals surface area contributed by atoms with E-state index in [2.05, 4.69) is 29.2 Å². The van der Waals surface area contributed by atoms with Crippen LogP contribution in [0, 0.1) is 0 Å². The van der Waals surface area contributed by atoms with E-state index in [9.17, 15) is 9.59 Å². The highest BCUT2D eigenvalue weighted by Gasteiger charge is 2.32. The van der Waals surface area contributed by atoms with Gasteiger partial charge in [0.15, 0.2) is 0 Å². The van der Waals surface area contributed by atoms with E-state index in [1.54, 1.807) is 0 Å². The second kappa shape index (κ2) is 6.90. The predicted octanol–water partition coefficient (Wildman–Crippen LogP) is 3.06. The monoisotopic (exact) mass is 339 g/mol. The predicted molar refractivity (Wildman–Crippen MR) is 96.9 cm³/mol. The molecule has 1 aromatic carbocycles. The first-order valence-corrected chi connectivity index (χ1v) is 9.34. The second-order valence-corrected chi connectivity index (χ2v) is 7.24. The number of benzene rings is 1. The molecule has 2 aliphatic rings. The van der Waals surface area contributed by atoms with Gasteiger partial charge in [-0.15, -0.1) is 0 Å². The summed E-state index contributed by atoms with van der Waals surface area (Å²) < 4.78 is 0. The minimum Gasteiger partial charge on any atom is -0.361 e. The molecule has 2 amide bonds. The number of H-pyrrole nitrogens is 1. The molecular weight excluding hydrogens is 314 g/mol. The molecule has 1 aromatic heterocycles. The number of nitrogens with zero attached hydrogens (tertiary/aromatic N) is 2. The first-order valence-electron chi connectivity index (χ1n) is 9.34. The number of carbonyl (C=O) groups excluding carboxylic acids is 2. The number of hydrogen-bond donors (Lipinski definition) is 1. The normalized spacial score (nSPS) is 17.4. The average Bonchev–Trinajstić information content (AvgIpc) is 3.20. The molecule has 1 aliphatic carbocycles. The van der Waals surface area contributed by atoms with Crippen LogP contribution in [0.1, 0.15) is 44.1 Å². The number of rotatable bonds is 7. The maximum atomic E-state index is 12.7. The van der Waals surface area contributed by atoms with Gasteiger partial charge in [0.05, 0.1) is 0 Å².